The summed E-state index contributed by atoms with van der Waals surface area (Å²) in [5, 5.41) is 9.28. The maximum absolute atomic E-state index is 9.28. The highest BCUT2D eigenvalue weighted by atomic mass is 16.3. The Kier molecular flexibility index (Phi) is 6.35. The van der Waals surface area contributed by atoms with Gasteiger partial charge in [0.25, 0.3) is 0 Å². The maximum Gasteiger partial charge on any atom is 0.104 e. The summed E-state index contributed by atoms with van der Waals surface area (Å²) in [6.45, 7) is 6.15. The molecule has 13 heavy (non-hydrogen) atoms. The highest BCUT2D eigenvalue weighted by Gasteiger charge is 2.16. The second-order valence-corrected chi connectivity index (χ2v) is 4.75. The molecular formula is C11H26NO+. The molecule has 2 nitrogen and oxygen atoms in total. The van der Waals surface area contributed by atoms with E-state index in [2.05, 4.69) is 21.0 Å². The summed E-state index contributed by atoms with van der Waals surface area (Å²) >= 11 is 0. The van der Waals surface area contributed by atoms with Crippen LogP contribution in [0, 0.1) is 0 Å². The fourth-order valence-electron chi connectivity index (χ4n) is 1.77. The van der Waals surface area contributed by atoms with E-state index in [1.54, 1.807) is 0 Å². The summed E-state index contributed by atoms with van der Waals surface area (Å²) in [5.41, 5.74) is 0. The van der Waals surface area contributed by atoms with Crippen LogP contribution in [0.15, 0.2) is 0 Å². The number of likely N-dealkylation sites (N-methyl/N-ethyl adjacent to an activating group) is 1. The number of aliphatic hydroxyl groups is 1. The largest absolute Gasteiger partial charge is 0.388 e. The summed E-state index contributed by atoms with van der Waals surface area (Å²) in [5.74, 6) is 0. The van der Waals surface area contributed by atoms with Gasteiger partial charge in [-0.25, -0.2) is 0 Å². The van der Waals surface area contributed by atoms with Crippen LogP contribution < -0.4 is 0 Å². The monoisotopic (exact) mass is 188 g/mol. The first-order chi connectivity index (χ1) is 5.98. The van der Waals surface area contributed by atoms with Gasteiger partial charge in [0.15, 0.2) is 0 Å². The number of hydrogen-bond acceptors (Lipinski definition) is 1. The van der Waals surface area contributed by atoms with E-state index in [0.29, 0.717) is 0 Å². The molecule has 0 aliphatic heterocycles. The van der Waals surface area contributed by atoms with Gasteiger partial charge in [-0.2, -0.15) is 0 Å². The number of quaternary nitrogens is 1. The predicted octanol–water partition coefficient (Wildman–Crippen LogP) is 2.02. The Hall–Kier alpha value is -0.0800. The van der Waals surface area contributed by atoms with Crippen molar-refractivity contribution in [3.05, 3.63) is 0 Å². The fraction of sp³-hybridized carbons (Fsp3) is 1.00. The normalized spacial score (nSPS) is 14.5. The third-order valence-corrected chi connectivity index (χ3v) is 2.38. The van der Waals surface area contributed by atoms with Gasteiger partial charge in [-0.3, -0.25) is 0 Å². The average Bonchev–Trinajstić information content (AvgIpc) is 1.95. The minimum absolute atomic E-state index is 0.179. The number of rotatable bonds is 7. The summed E-state index contributed by atoms with van der Waals surface area (Å²) < 4.78 is 0.946. The van der Waals surface area contributed by atoms with Gasteiger partial charge >= 0.3 is 0 Å². The topological polar surface area (TPSA) is 20.2 Å². The van der Waals surface area contributed by atoms with Crippen LogP contribution >= 0.6 is 0 Å². The molecule has 0 amide bonds. The molecule has 0 heterocycles. The number of nitrogens with zero attached hydrogens (tertiary/aromatic N) is 1. The standard InChI is InChI=1S/C11H26NO/c1-5-6-7-8-9-12(3,4)10-11(2)13/h11,13H,5-10H2,1-4H3/q+1. The fourth-order valence-corrected chi connectivity index (χ4v) is 1.77. The zero-order valence-corrected chi connectivity index (χ0v) is 9.71. The Morgan fingerprint density at radius 3 is 2.23 bits per heavy atom. The lowest BCUT2D eigenvalue weighted by molar-refractivity contribution is -0.893. The molecule has 2 heteroatoms. The van der Waals surface area contributed by atoms with E-state index in [4.69, 9.17) is 0 Å². The van der Waals surface area contributed by atoms with Crippen molar-refractivity contribution in [3.8, 4) is 0 Å². The van der Waals surface area contributed by atoms with Crippen molar-refractivity contribution < 1.29 is 9.59 Å². The second kappa shape index (κ2) is 6.39. The number of hydrogen-bond donors (Lipinski definition) is 1. The molecule has 0 bridgehead atoms. The highest BCUT2D eigenvalue weighted by molar-refractivity contribution is 4.45. The summed E-state index contributed by atoms with van der Waals surface area (Å²) in [7, 11) is 4.39. The van der Waals surface area contributed by atoms with Crippen molar-refractivity contribution in [1.82, 2.24) is 0 Å². The highest BCUT2D eigenvalue weighted by Crippen LogP contribution is 2.06. The third kappa shape index (κ3) is 8.26. The van der Waals surface area contributed by atoms with Gasteiger partial charge in [0.05, 0.1) is 20.6 Å². The molecule has 0 saturated carbocycles. The second-order valence-electron chi connectivity index (χ2n) is 4.75. The van der Waals surface area contributed by atoms with Gasteiger partial charge in [0.1, 0.15) is 12.6 Å². The van der Waals surface area contributed by atoms with Gasteiger partial charge in [-0.1, -0.05) is 19.8 Å². The van der Waals surface area contributed by atoms with E-state index in [0.717, 1.165) is 11.0 Å². The van der Waals surface area contributed by atoms with E-state index in [-0.39, 0.29) is 6.10 Å². The molecule has 1 atom stereocenters. The zero-order chi connectivity index (χ0) is 10.3. The molecule has 0 aromatic carbocycles. The van der Waals surface area contributed by atoms with Gasteiger partial charge in [0.2, 0.25) is 0 Å². The van der Waals surface area contributed by atoms with Crippen molar-refractivity contribution in [2.45, 2.75) is 45.6 Å². The van der Waals surface area contributed by atoms with Crippen LogP contribution in [-0.4, -0.2) is 42.9 Å². The number of aliphatic hydroxyl groups excluding tert-OH is 1. The quantitative estimate of drug-likeness (QED) is 0.479. The Balaban J connectivity index is 3.50. The van der Waals surface area contributed by atoms with Crippen molar-refractivity contribution in [1.29, 1.82) is 0 Å². The van der Waals surface area contributed by atoms with Gasteiger partial charge in [-0.15, -0.1) is 0 Å². The molecule has 0 aromatic rings. The van der Waals surface area contributed by atoms with Crippen LogP contribution in [-0.2, 0) is 0 Å². The van der Waals surface area contributed by atoms with Crippen LogP contribution in [0.4, 0.5) is 0 Å². The number of unbranched alkanes of at least 4 members (excludes halogenated alkanes) is 3. The molecular weight excluding hydrogens is 162 g/mol. The minimum atomic E-state index is -0.179. The molecule has 0 saturated heterocycles. The maximum atomic E-state index is 9.28. The summed E-state index contributed by atoms with van der Waals surface area (Å²) in [6, 6.07) is 0. The SMILES string of the molecule is CCCCCC[N+](C)(C)CC(C)O. The van der Waals surface area contributed by atoms with E-state index >= 15 is 0 Å². The Morgan fingerprint density at radius 2 is 1.77 bits per heavy atom. The van der Waals surface area contributed by atoms with E-state index < -0.39 is 0 Å². The third-order valence-electron chi connectivity index (χ3n) is 2.38. The van der Waals surface area contributed by atoms with Crippen LogP contribution in [0.2, 0.25) is 0 Å². The van der Waals surface area contributed by atoms with Gasteiger partial charge < -0.3 is 9.59 Å². The van der Waals surface area contributed by atoms with Crippen LogP contribution in [0.25, 0.3) is 0 Å². The van der Waals surface area contributed by atoms with Crippen molar-refractivity contribution in [3.63, 3.8) is 0 Å². The summed E-state index contributed by atoms with van der Waals surface area (Å²) in [4.78, 5) is 0. The molecule has 0 aliphatic rings. The van der Waals surface area contributed by atoms with Crippen LogP contribution in [0.1, 0.15) is 39.5 Å². The summed E-state index contributed by atoms with van der Waals surface area (Å²) in [6.07, 6.45) is 5.07. The average molecular weight is 188 g/mol. The van der Waals surface area contributed by atoms with Crippen LogP contribution in [0.5, 0.6) is 0 Å². The molecule has 0 radical (unpaired) electrons. The van der Waals surface area contributed by atoms with Crippen molar-refractivity contribution in [2.24, 2.45) is 0 Å². The molecule has 0 rings (SSSR count). The lowest BCUT2D eigenvalue weighted by Gasteiger charge is -2.31. The first-order valence-corrected chi connectivity index (χ1v) is 5.48. The molecule has 0 aliphatic carbocycles. The van der Waals surface area contributed by atoms with E-state index in [1.165, 1.54) is 32.2 Å². The van der Waals surface area contributed by atoms with Crippen molar-refractivity contribution in [2.75, 3.05) is 27.2 Å². The van der Waals surface area contributed by atoms with Crippen LogP contribution in [0.3, 0.4) is 0 Å². The Bertz CT molecular complexity index is 121. The minimum Gasteiger partial charge on any atom is -0.388 e. The van der Waals surface area contributed by atoms with Gasteiger partial charge in [0, 0.05) is 0 Å². The smallest absolute Gasteiger partial charge is 0.104 e. The first-order valence-electron chi connectivity index (χ1n) is 5.48. The lowest BCUT2D eigenvalue weighted by Crippen LogP contribution is -2.45. The Morgan fingerprint density at radius 1 is 1.15 bits per heavy atom. The molecule has 0 aromatic heterocycles. The lowest BCUT2D eigenvalue weighted by atomic mass is 10.2. The zero-order valence-electron chi connectivity index (χ0n) is 9.71. The Labute approximate surface area is 83.2 Å². The molecule has 1 unspecified atom stereocenters. The molecule has 80 valence electrons. The molecule has 1 N–H and O–H groups in total. The molecule has 0 spiro atoms. The van der Waals surface area contributed by atoms with E-state index in [9.17, 15) is 5.11 Å². The van der Waals surface area contributed by atoms with E-state index in [1.807, 2.05) is 6.92 Å². The first kappa shape index (κ1) is 12.9. The molecule has 0 fully saturated rings. The van der Waals surface area contributed by atoms with Gasteiger partial charge in [-0.05, 0) is 19.8 Å². The van der Waals surface area contributed by atoms with Crippen molar-refractivity contribution >= 4 is 0 Å². The predicted molar refractivity (Wildman–Crippen MR) is 57.7 cm³/mol.